The molecule has 1 heterocycles. The first-order valence-corrected chi connectivity index (χ1v) is 6.46. The van der Waals surface area contributed by atoms with Crippen molar-refractivity contribution in [1.82, 2.24) is 5.32 Å². The molecule has 6 heteroatoms. The molecule has 0 bridgehead atoms. The summed E-state index contributed by atoms with van der Waals surface area (Å²) in [6.45, 7) is 0.920. The number of carbonyl (C=O) groups excluding carboxylic acids is 1. The second-order valence-electron chi connectivity index (χ2n) is 3.71. The van der Waals surface area contributed by atoms with Gasteiger partial charge in [-0.1, -0.05) is 23.3 Å². The van der Waals surface area contributed by atoms with Crippen molar-refractivity contribution in [2.75, 3.05) is 13.1 Å². The van der Waals surface area contributed by atoms with Crippen molar-refractivity contribution in [2.24, 2.45) is 5.11 Å². The van der Waals surface area contributed by atoms with Crippen LogP contribution in [0.25, 0.3) is 20.5 Å². The summed E-state index contributed by atoms with van der Waals surface area (Å²) in [5, 5.41) is 9.08. The minimum Gasteiger partial charge on any atom is -0.352 e. The number of hydrogen-bond acceptors (Lipinski definition) is 3. The Morgan fingerprint density at radius 1 is 1.44 bits per heavy atom. The van der Waals surface area contributed by atoms with Gasteiger partial charge < -0.3 is 5.32 Å². The molecule has 0 aliphatic carbocycles. The Morgan fingerprint density at radius 3 is 3.11 bits per heavy atom. The van der Waals surface area contributed by atoms with Crippen LogP contribution in [0.2, 0.25) is 0 Å². The number of fused-ring (bicyclic) bond motifs is 1. The first kappa shape index (κ1) is 12.4. The Morgan fingerprint density at radius 2 is 2.28 bits per heavy atom. The zero-order valence-corrected chi connectivity index (χ0v) is 10.5. The standard InChI is InChI=1S/C12H12N4OS/c13-16-15-7-3-6-14-12(17)10-8-18-11-5-2-1-4-9(10)11/h1-2,4-5,8H,3,6-7H2,(H,14,17). The molecule has 0 unspecified atom stereocenters. The van der Waals surface area contributed by atoms with E-state index in [4.69, 9.17) is 5.53 Å². The van der Waals surface area contributed by atoms with Gasteiger partial charge in [-0.2, -0.15) is 0 Å². The summed E-state index contributed by atoms with van der Waals surface area (Å²) in [6.07, 6.45) is 0.651. The van der Waals surface area contributed by atoms with Gasteiger partial charge in [-0.05, 0) is 18.0 Å². The molecule has 1 amide bonds. The number of carbonyl (C=O) groups is 1. The number of rotatable bonds is 5. The zero-order valence-electron chi connectivity index (χ0n) is 9.67. The largest absolute Gasteiger partial charge is 0.352 e. The lowest BCUT2D eigenvalue weighted by molar-refractivity contribution is 0.0955. The van der Waals surface area contributed by atoms with Crippen LogP contribution >= 0.6 is 11.3 Å². The molecule has 1 aromatic carbocycles. The number of hydrogen-bond donors (Lipinski definition) is 1. The smallest absolute Gasteiger partial charge is 0.252 e. The van der Waals surface area contributed by atoms with E-state index in [1.807, 2.05) is 29.6 Å². The molecule has 2 rings (SSSR count). The van der Waals surface area contributed by atoms with Gasteiger partial charge in [-0.15, -0.1) is 11.3 Å². The highest BCUT2D eigenvalue weighted by molar-refractivity contribution is 7.17. The van der Waals surface area contributed by atoms with Crippen LogP contribution < -0.4 is 5.32 Å². The van der Waals surface area contributed by atoms with Crippen LogP contribution in [0, 0.1) is 0 Å². The maximum Gasteiger partial charge on any atom is 0.252 e. The predicted octanol–water partition coefficient (Wildman–Crippen LogP) is 3.33. The molecule has 0 fully saturated rings. The first-order valence-electron chi connectivity index (χ1n) is 5.58. The Hall–Kier alpha value is -2.04. The summed E-state index contributed by atoms with van der Waals surface area (Å²) < 4.78 is 1.11. The van der Waals surface area contributed by atoms with Gasteiger partial charge in [0, 0.05) is 33.5 Å². The van der Waals surface area contributed by atoms with Gasteiger partial charge in [0.25, 0.3) is 5.91 Å². The van der Waals surface area contributed by atoms with Crippen molar-refractivity contribution >= 4 is 27.3 Å². The van der Waals surface area contributed by atoms with Crippen molar-refractivity contribution in [3.8, 4) is 0 Å². The molecule has 1 N–H and O–H groups in total. The summed E-state index contributed by atoms with van der Waals surface area (Å²) >= 11 is 1.56. The van der Waals surface area contributed by atoms with E-state index in [1.54, 1.807) is 11.3 Å². The molecule has 0 radical (unpaired) electrons. The lowest BCUT2D eigenvalue weighted by atomic mass is 10.1. The molecular formula is C12H12N4OS. The van der Waals surface area contributed by atoms with E-state index in [0.29, 0.717) is 25.1 Å². The molecule has 0 saturated heterocycles. The molecule has 0 aliphatic heterocycles. The summed E-state index contributed by atoms with van der Waals surface area (Å²) in [5.74, 6) is -0.0756. The fourth-order valence-electron chi connectivity index (χ4n) is 1.65. The highest BCUT2D eigenvalue weighted by Crippen LogP contribution is 2.25. The molecule has 1 aromatic heterocycles. The van der Waals surface area contributed by atoms with E-state index in [9.17, 15) is 4.79 Å². The summed E-state index contributed by atoms with van der Waals surface area (Å²) in [7, 11) is 0. The fourth-order valence-corrected chi connectivity index (χ4v) is 2.59. The topological polar surface area (TPSA) is 77.9 Å². The third-order valence-corrected chi connectivity index (χ3v) is 3.47. The number of thiophene rings is 1. The Balaban J connectivity index is 1.98. The molecule has 0 spiro atoms. The van der Waals surface area contributed by atoms with E-state index in [2.05, 4.69) is 15.3 Å². The van der Waals surface area contributed by atoms with Crippen molar-refractivity contribution in [2.45, 2.75) is 6.42 Å². The number of azide groups is 1. The number of nitrogens with one attached hydrogen (secondary N) is 1. The third-order valence-electron chi connectivity index (χ3n) is 2.51. The van der Waals surface area contributed by atoms with E-state index < -0.39 is 0 Å². The second-order valence-corrected chi connectivity index (χ2v) is 4.62. The Labute approximate surface area is 108 Å². The average molecular weight is 260 g/mol. The molecule has 0 saturated carbocycles. The van der Waals surface area contributed by atoms with Gasteiger partial charge >= 0.3 is 0 Å². The van der Waals surface area contributed by atoms with Crippen LogP contribution in [0.4, 0.5) is 0 Å². The van der Waals surface area contributed by atoms with E-state index in [0.717, 1.165) is 10.1 Å². The minimum absolute atomic E-state index is 0.0756. The molecule has 0 atom stereocenters. The average Bonchev–Trinajstić information content (AvgIpc) is 2.82. The van der Waals surface area contributed by atoms with E-state index >= 15 is 0 Å². The highest BCUT2D eigenvalue weighted by Gasteiger charge is 2.10. The summed E-state index contributed by atoms with van der Waals surface area (Å²) in [4.78, 5) is 14.6. The van der Waals surface area contributed by atoms with Crippen LogP contribution in [0.3, 0.4) is 0 Å². The molecule has 5 nitrogen and oxygen atoms in total. The van der Waals surface area contributed by atoms with Gasteiger partial charge in [-0.3, -0.25) is 4.79 Å². The van der Waals surface area contributed by atoms with Gasteiger partial charge in [0.1, 0.15) is 0 Å². The fraction of sp³-hybridized carbons (Fsp3) is 0.250. The Bertz CT molecular complexity index is 601. The normalized spacial score (nSPS) is 10.0. The molecule has 0 aliphatic rings. The van der Waals surface area contributed by atoms with Crippen LogP contribution in [-0.2, 0) is 0 Å². The monoisotopic (exact) mass is 260 g/mol. The van der Waals surface area contributed by atoms with Crippen LogP contribution in [0.1, 0.15) is 16.8 Å². The van der Waals surface area contributed by atoms with Crippen molar-refractivity contribution in [3.05, 3.63) is 45.7 Å². The number of benzene rings is 1. The van der Waals surface area contributed by atoms with Crippen molar-refractivity contribution < 1.29 is 4.79 Å². The first-order chi connectivity index (χ1) is 8.83. The van der Waals surface area contributed by atoms with Gasteiger partial charge in [0.15, 0.2) is 0 Å². The highest BCUT2D eigenvalue weighted by atomic mass is 32.1. The minimum atomic E-state index is -0.0756. The zero-order chi connectivity index (χ0) is 12.8. The lowest BCUT2D eigenvalue weighted by Crippen LogP contribution is -2.24. The molecule has 92 valence electrons. The van der Waals surface area contributed by atoms with E-state index in [1.165, 1.54) is 0 Å². The number of amides is 1. The maximum atomic E-state index is 11.9. The van der Waals surface area contributed by atoms with Crippen LogP contribution in [0.15, 0.2) is 34.8 Å². The maximum absolute atomic E-state index is 11.9. The van der Waals surface area contributed by atoms with Gasteiger partial charge in [-0.25, -0.2) is 0 Å². The van der Waals surface area contributed by atoms with Crippen molar-refractivity contribution in [1.29, 1.82) is 0 Å². The lowest BCUT2D eigenvalue weighted by Gasteiger charge is -2.02. The predicted molar refractivity (Wildman–Crippen MR) is 72.8 cm³/mol. The summed E-state index contributed by atoms with van der Waals surface area (Å²) in [6, 6.07) is 7.83. The van der Waals surface area contributed by atoms with Gasteiger partial charge in [0.05, 0.1) is 5.56 Å². The quantitative estimate of drug-likeness (QED) is 0.380. The van der Waals surface area contributed by atoms with Crippen molar-refractivity contribution in [3.63, 3.8) is 0 Å². The van der Waals surface area contributed by atoms with Crippen LogP contribution in [0.5, 0.6) is 0 Å². The summed E-state index contributed by atoms with van der Waals surface area (Å²) in [5.41, 5.74) is 8.82. The third kappa shape index (κ3) is 2.80. The molecular weight excluding hydrogens is 248 g/mol. The second kappa shape index (κ2) is 6.05. The van der Waals surface area contributed by atoms with Crippen LogP contribution in [-0.4, -0.2) is 19.0 Å². The van der Waals surface area contributed by atoms with Gasteiger partial charge in [0.2, 0.25) is 0 Å². The number of nitrogens with zero attached hydrogens (tertiary/aromatic N) is 3. The Kier molecular flexibility index (Phi) is 4.17. The molecule has 2 aromatic rings. The molecule has 18 heavy (non-hydrogen) atoms. The SMILES string of the molecule is [N-]=[N+]=NCCCNC(=O)c1csc2ccccc12. The van der Waals surface area contributed by atoms with E-state index in [-0.39, 0.29) is 5.91 Å².